The van der Waals surface area contributed by atoms with Crippen LogP contribution in [0, 0.1) is 18.3 Å². The van der Waals surface area contributed by atoms with Gasteiger partial charge < -0.3 is 0 Å². The van der Waals surface area contributed by atoms with Crippen molar-refractivity contribution in [2.75, 3.05) is 0 Å². The van der Waals surface area contributed by atoms with Gasteiger partial charge in [0.25, 0.3) is 0 Å². The average Bonchev–Trinajstić information content (AvgIpc) is 2.18. The van der Waals surface area contributed by atoms with Gasteiger partial charge in [-0.05, 0) is 30.0 Å². The number of hydrogen-bond acceptors (Lipinski definition) is 2. The molecule has 13 heavy (non-hydrogen) atoms. The summed E-state index contributed by atoms with van der Waals surface area (Å²) in [5.41, 5.74) is 1.82. The molecular formula is C11H8N2. The SMILES string of the molecule is Cc1cncc2cc(C#N)ccc12. The third kappa shape index (κ3) is 1.25. The zero-order valence-corrected chi connectivity index (χ0v) is 7.28. The van der Waals surface area contributed by atoms with Crippen molar-refractivity contribution in [3.05, 3.63) is 41.7 Å². The molecule has 0 saturated carbocycles. The largest absolute Gasteiger partial charge is 0.264 e. The van der Waals surface area contributed by atoms with E-state index in [0.717, 1.165) is 16.3 Å². The maximum absolute atomic E-state index is 8.70. The van der Waals surface area contributed by atoms with E-state index in [1.807, 2.05) is 31.3 Å². The zero-order valence-electron chi connectivity index (χ0n) is 7.28. The first-order valence-electron chi connectivity index (χ1n) is 4.06. The summed E-state index contributed by atoms with van der Waals surface area (Å²) in [6, 6.07) is 7.76. The lowest BCUT2D eigenvalue weighted by atomic mass is 10.1. The minimum atomic E-state index is 0.680. The molecule has 1 aromatic heterocycles. The van der Waals surface area contributed by atoms with Gasteiger partial charge >= 0.3 is 0 Å². The van der Waals surface area contributed by atoms with Gasteiger partial charge in [0.15, 0.2) is 0 Å². The van der Waals surface area contributed by atoms with E-state index in [9.17, 15) is 0 Å². The van der Waals surface area contributed by atoms with Crippen molar-refractivity contribution in [2.45, 2.75) is 6.92 Å². The van der Waals surface area contributed by atoms with Gasteiger partial charge in [0.05, 0.1) is 11.6 Å². The number of aryl methyl sites for hydroxylation is 1. The van der Waals surface area contributed by atoms with Crippen LogP contribution in [0.25, 0.3) is 10.8 Å². The molecule has 2 heteroatoms. The van der Waals surface area contributed by atoms with Crippen LogP contribution in [-0.4, -0.2) is 4.98 Å². The molecule has 0 atom stereocenters. The Morgan fingerprint density at radius 3 is 2.92 bits per heavy atom. The fraction of sp³-hybridized carbons (Fsp3) is 0.0909. The summed E-state index contributed by atoms with van der Waals surface area (Å²) >= 11 is 0. The average molecular weight is 168 g/mol. The topological polar surface area (TPSA) is 36.7 Å². The highest BCUT2D eigenvalue weighted by Gasteiger charge is 1.97. The maximum Gasteiger partial charge on any atom is 0.0991 e. The number of benzene rings is 1. The van der Waals surface area contributed by atoms with E-state index in [0.29, 0.717) is 5.56 Å². The highest BCUT2D eigenvalue weighted by molar-refractivity contribution is 5.85. The zero-order chi connectivity index (χ0) is 9.26. The van der Waals surface area contributed by atoms with Crippen molar-refractivity contribution in [2.24, 2.45) is 0 Å². The molecule has 2 nitrogen and oxygen atoms in total. The molecule has 62 valence electrons. The van der Waals surface area contributed by atoms with Gasteiger partial charge in [0, 0.05) is 17.8 Å². The van der Waals surface area contributed by atoms with E-state index in [-0.39, 0.29) is 0 Å². The second-order valence-corrected chi connectivity index (χ2v) is 3.00. The quantitative estimate of drug-likeness (QED) is 0.605. The third-order valence-electron chi connectivity index (χ3n) is 2.09. The van der Waals surface area contributed by atoms with Crippen LogP contribution < -0.4 is 0 Å². The Labute approximate surface area is 76.5 Å². The smallest absolute Gasteiger partial charge is 0.0991 e. The van der Waals surface area contributed by atoms with Crippen LogP contribution in [0.4, 0.5) is 0 Å². The maximum atomic E-state index is 8.70. The van der Waals surface area contributed by atoms with Crippen molar-refractivity contribution in [3.63, 3.8) is 0 Å². The predicted octanol–water partition coefficient (Wildman–Crippen LogP) is 2.41. The Morgan fingerprint density at radius 2 is 2.15 bits per heavy atom. The molecule has 2 rings (SSSR count). The fourth-order valence-electron chi connectivity index (χ4n) is 1.40. The van der Waals surface area contributed by atoms with Gasteiger partial charge in [-0.25, -0.2) is 0 Å². The molecule has 0 aliphatic heterocycles. The van der Waals surface area contributed by atoms with E-state index in [2.05, 4.69) is 11.1 Å². The standard InChI is InChI=1S/C11H8N2/c1-8-6-13-7-10-4-9(5-12)2-3-11(8)10/h2-4,6-7H,1H3. The lowest BCUT2D eigenvalue weighted by Gasteiger charge is -2.00. The number of rotatable bonds is 0. The summed E-state index contributed by atoms with van der Waals surface area (Å²) in [5, 5.41) is 10.9. The molecule has 0 radical (unpaired) electrons. The van der Waals surface area contributed by atoms with Gasteiger partial charge in [0.1, 0.15) is 0 Å². The van der Waals surface area contributed by atoms with Crippen molar-refractivity contribution in [1.29, 1.82) is 5.26 Å². The number of nitrogens with zero attached hydrogens (tertiary/aromatic N) is 2. The number of hydrogen-bond donors (Lipinski definition) is 0. The van der Waals surface area contributed by atoms with Crippen LogP contribution >= 0.6 is 0 Å². The second kappa shape index (κ2) is 2.87. The van der Waals surface area contributed by atoms with Gasteiger partial charge in [-0.2, -0.15) is 5.26 Å². The van der Waals surface area contributed by atoms with Crippen molar-refractivity contribution in [1.82, 2.24) is 4.98 Å². The van der Waals surface area contributed by atoms with E-state index in [4.69, 9.17) is 5.26 Å². The first kappa shape index (κ1) is 7.75. The van der Waals surface area contributed by atoms with Crippen LogP contribution in [-0.2, 0) is 0 Å². The third-order valence-corrected chi connectivity index (χ3v) is 2.09. The molecule has 1 heterocycles. The number of pyridine rings is 1. The normalized spacial score (nSPS) is 9.85. The molecule has 2 aromatic rings. The van der Waals surface area contributed by atoms with Crippen LogP contribution in [0.5, 0.6) is 0 Å². The lowest BCUT2D eigenvalue weighted by molar-refractivity contribution is 1.31. The lowest BCUT2D eigenvalue weighted by Crippen LogP contribution is -1.82. The molecule has 0 N–H and O–H groups in total. The summed E-state index contributed by atoms with van der Waals surface area (Å²) in [6.07, 6.45) is 3.61. The Hall–Kier alpha value is -1.88. The Kier molecular flexibility index (Phi) is 1.71. The van der Waals surface area contributed by atoms with E-state index in [1.165, 1.54) is 0 Å². The molecular weight excluding hydrogens is 160 g/mol. The Bertz CT molecular complexity index is 495. The molecule has 0 amide bonds. The van der Waals surface area contributed by atoms with E-state index < -0.39 is 0 Å². The monoisotopic (exact) mass is 168 g/mol. The van der Waals surface area contributed by atoms with Crippen LogP contribution in [0.1, 0.15) is 11.1 Å². The van der Waals surface area contributed by atoms with Crippen molar-refractivity contribution >= 4 is 10.8 Å². The molecule has 0 bridgehead atoms. The van der Waals surface area contributed by atoms with Gasteiger partial charge in [-0.1, -0.05) is 6.07 Å². The number of fused-ring (bicyclic) bond motifs is 1. The van der Waals surface area contributed by atoms with Crippen LogP contribution in [0.2, 0.25) is 0 Å². The number of aromatic nitrogens is 1. The molecule has 0 aliphatic carbocycles. The Morgan fingerprint density at radius 1 is 1.31 bits per heavy atom. The highest BCUT2D eigenvalue weighted by atomic mass is 14.6. The number of nitriles is 1. The Balaban J connectivity index is 2.82. The van der Waals surface area contributed by atoms with Gasteiger partial charge in [-0.15, -0.1) is 0 Å². The van der Waals surface area contributed by atoms with Crippen molar-refractivity contribution in [3.8, 4) is 6.07 Å². The van der Waals surface area contributed by atoms with Gasteiger partial charge in [0.2, 0.25) is 0 Å². The molecule has 0 saturated heterocycles. The molecule has 0 fully saturated rings. The summed E-state index contributed by atoms with van der Waals surface area (Å²) in [4.78, 5) is 4.08. The minimum absolute atomic E-state index is 0.680. The molecule has 0 spiro atoms. The summed E-state index contributed by atoms with van der Waals surface area (Å²) < 4.78 is 0. The predicted molar refractivity (Wildman–Crippen MR) is 51.2 cm³/mol. The van der Waals surface area contributed by atoms with Gasteiger partial charge in [-0.3, -0.25) is 4.98 Å². The second-order valence-electron chi connectivity index (χ2n) is 3.00. The van der Waals surface area contributed by atoms with Crippen molar-refractivity contribution < 1.29 is 0 Å². The van der Waals surface area contributed by atoms with E-state index >= 15 is 0 Å². The molecule has 1 aromatic carbocycles. The van der Waals surface area contributed by atoms with Crippen LogP contribution in [0.3, 0.4) is 0 Å². The van der Waals surface area contributed by atoms with E-state index in [1.54, 1.807) is 6.20 Å². The fourth-order valence-corrected chi connectivity index (χ4v) is 1.40. The molecule has 0 unspecified atom stereocenters. The van der Waals surface area contributed by atoms with Crippen LogP contribution in [0.15, 0.2) is 30.6 Å². The molecule has 0 aliphatic rings. The minimum Gasteiger partial charge on any atom is -0.264 e. The first-order valence-corrected chi connectivity index (χ1v) is 4.06. The summed E-state index contributed by atoms with van der Waals surface area (Å²) in [7, 11) is 0. The summed E-state index contributed by atoms with van der Waals surface area (Å²) in [5.74, 6) is 0. The highest BCUT2D eigenvalue weighted by Crippen LogP contribution is 2.17. The summed E-state index contributed by atoms with van der Waals surface area (Å²) in [6.45, 7) is 2.02. The first-order chi connectivity index (χ1) is 6.31.